The predicted molar refractivity (Wildman–Crippen MR) is 123 cm³/mol. The molecule has 0 aliphatic rings. The summed E-state index contributed by atoms with van der Waals surface area (Å²) in [5, 5.41) is 7.95. The SMILES string of the molecule is CO.CSN(C)c1nc2oc(-c3ccc(F)cc3)c(C)c2cc1CCCC=O.NC=O. The Hall–Kier alpha value is -2.91. The highest BCUT2D eigenvalue weighted by molar-refractivity contribution is 7.99. The van der Waals surface area contributed by atoms with Gasteiger partial charge in [0.15, 0.2) is 0 Å². The minimum Gasteiger partial charge on any atom is -0.437 e. The number of primary amides is 1. The van der Waals surface area contributed by atoms with Gasteiger partial charge in [0.2, 0.25) is 12.1 Å². The average molecular weight is 450 g/mol. The van der Waals surface area contributed by atoms with Gasteiger partial charge in [0.25, 0.3) is 0 Å². The van der Waals surface area contributed by atoms with Gasteiger partial charge >= 0.3 is 0 Å². The van der Waals surface area contributed by atoms with Crippen molar-refractivity contribution in [1.29, 1.82) is 0 Å². The number of benzene rings is 1. The number of nitrogens with zero attached hydrogens (tertiary/aromatic N) is 2. The summed E-state index contributed by atoms with van der Waals surface area (Å²) in [7, 11) is 2.96. The molecule has 3 N–H and O–H groups in total. The third-order valence-electron chi connectivity index (χ3n) is 4.43. The first-order valence-corrected chi connectivity index (χ1v) is 10.7. The minimum atomic E-state index is -0.276. The molecule has 1 amide bonds. The van der Waals surface area contributed by atoms with Crippen LogP contribution in [0.1, 0.15) is 24.0 Å². The molecule has 3 aromatic rings. The number of carbonyl (C=O) groups excluding carboxylic acids is 2. The molecule has 168 valence electrons. The van der Waals surface area contributed by atoms with Crippen LogP contribution in [0.3, 0.4) is 0 Å². The molecule has 2 aromatic heterocycles. The smallest absolute Gasteiger partial charge is 0.228 e. The van der Waals surface area contributed by atoms with Gasteiger partial charge in [-0.15, -0.1) is 0 Å². The Labute approximate surface area is 185 Å². The molecule has 0 radical (unpaired) electrons. The number of anilines is 1. The van der Waals surface area contributed by atoms with E-state index >= 15 is 0 Å². The number of hydrogen-bond donors (Lipinski definition) is 2. The lowest BCUT2D eigenvalue weighted by Crippen LogP contribution is -2.10. The van der Waals surface area contributed by atoms with Crippen LogP contribution in [0, 0.1) is 12.7 Å². The van der Waals surface area contributed by atoms with Gasteiger partial charge in [-0.25, -0.2) is 4.39 Å². The molecule has 9 heteroatoms. The van der Waals surface area contributed by atoms with E-state index in [2.05, 4.69) is 11.8 Å². The number of fused-ring (bicyclic) bond motifs is 1. The zero-order valence-electron chi connectivity index (χ0n) is 18.1. The van der Waals surface area contributed by atoms with Gasteiger partial charge in [-0.3, -0.25) is 4.79 Å². The lowest BCUT2D eigenvalue weighted by Gasteiger charge is -2.18. The maximum Gasteiger partial charge on any atom is 0.228 e. The number of nitrogens with two attached hydrogens (primary N) is 1. The van der Waals surface area contributed by atoms with E-state index in [1.807, 2.05) is 24.5 Å². The van der Waals surface area contributed by atoms with Crippen molar-refractivity contribution in [1.82, 2.24) is 4.98 Å². The summed E-state index contributed by atoms with van der Waals surface area (Å²) in [5.74, 6) is 1.27. The van der Waals surface area contributed by atoms with Gasteiger partial charge in [-0.2, -0.15) is 4.98 Å². The predicted octanol–water partition coefficient (Wildman–Crippen LogP) is 3.89. The van der Waals surface area contributed by atoms with Gasteiger partial charge in [0, 0.05) is 43.3 Å². The Balaban J connectivity index is 0.000000884. The zero-order valence-corrected chi connectivity index (χ0v) is 18.9. The summed E-state index contributed by atoms with van der Waals surface area (Å²) >= 11 is 1.57. The number of pyridine rings is 1. The van der Waals surface area contributed by atoms with E-state index in [0.717, 1.165) is 54.1 Å². The maximum absolute atomic E-state index is 13.2. The number of furan rings is 1. The lowest BCUT2D eigenvalue weighted by molar-refractivity contribution is -0.108. The van der Waals surface area contributed by atoms with Crippen molar-refractivity contribution < 1.29 is 23.5 Å². The van der Waals surface area contributed by atoms with Crippen LogP contribution in [0.4, 0.5) is 10.2 Å². The maximum atomic E-state index is 13.2. The second-order valence-electron chi connectivity index (χ2n) is 6.26. The van der Waals surface area contributed by atoms with Crippen LogP contribution < -0.4 is 10.0 Å². The number of aromatic nitrogens is 1. The number of aliphatic hydroxyl groups is 1. The lowest BCUT2D eigenvalue weighted by atomic mass is 10.0. The zero-order chi connectivity index (χ0) is 23.4. The number of amides is 1. The third-order valence-corrected chi connectivity index (χ3v) is 5.15. The first kappa shape index (κ1) is 26.1. The van der Waals surface area contributed by atoms with Crippen LogP contribution in [0.15, 0.2) is 34.7 Å². The molecule has 2 heterocycles. The number of unbranched alkanes of at least 4 members (excludes halogenated alkanes) is 1. The number of hydrogen-bond acceptors (Lipinski definition) is 7. The first-order chi connectivity index (χ1) is 15.0. The van der Waals surface area contributed by atoms with Gasteiger partial charge in [0.05, 0.1) is 0 Å². The van der Waals surface area contributed by atoms with Crippen molar-refractivity contribution in [2.75, 3.05) is 24.7 Å². The van der Waals surface area contributed by atoms with Crippen molar-refractivity contribution in [2.24, 2.45) is 5.73 Å². The molecule has 0 bridgehead atoms. The summed E-state index contributed by atoms with van der Waals surface area (Å²) in [4.78, 5) is 24.0. The van der Waals surface area contributed by atoms with Crippen molar-refractivity contribution in [3.63, 3.8) is 0 Å². The monoisotopic (exact) mass is 449 g/mol. The molecular formula is C22H28FN3O4S. The molecule has 0 saturated heterocycles. The van der Waals surface area contributed by atoms with Crippen LogP contribution >= 0.6 is 11.9 Å². The number of aldehydes is 1. The first-order valence-electron chi connectivity index (χ1n) is 9.47. The Morgan fingerprint density at radius 3 is 2.42 bits per heavy atom. The number of aryl methyl sites for hydroxylation is 2. The molecule has 0 spiro atoms. The molecule has 0 aliphatic carbocycles. The van der Waals surface area contributed by atoms with E-state index in [4.69, 9.17) is 19.3 Å². The molecule has 0 aliphatic heterocycles. The summed E-state index contributed by atoms with van der Waals surface area (Å²) in [5.41, 5.74) is 7.63. The topological polar surface area (TPSA) is 110 Å². The fraction of sp³-hybridized carbons (Fsp3) is 0.318. The van der Waals surface area contributed by atoms with E-state index in [9.17, 15) is 9.18 Å². The fourth-order valence-electron chi connectivity index (χ4n) is 2.97. The van der Waals surface area contributed by atoms with E-state index in [1.54, 1.807) is 24.1 Å². The Bertz CT molecular complexity index is 977. The quantitative estimate of drug-likeness (QED) is 0.320. The van der Waals surface area contributed by atoms with E-state index in [0.29, 0.717) is 17.9 Å². The Kier molecular flexibility index (Phi) is 11.3. The molecule has 7 nitrogen and oxygen atoms in total. The summed E-state index contributed by atoms with van der Waals surface area (Å²) in [6.07, 6.45) is 5.27. The second-order valence-corrected chi connectivity index (χ2v) is 7.17. The highest BCUT2D eigenvalue weighted by atomic mass is 32.2. The van der Waals surface area contributed by atoms with Crippen LogP contribution in [0.2, 0.25) is 0 Å². The molecule has 0 fully saturated rings. The second kappa shape index (κ2) is 13.4. The molecule has 0 unspecified atom stereocenters. The minimum absolute atomic E-state index is 0.250. The van der Waals surface area contributed by atoms with E-state index in [-0.39, 0.29) is 12.2 Å². The van der Waals surface area contributed by atoms with Gasteiger partial charge < -0.3 is 24.4 Å². The summed E-state index contributed by atoms with van der Waals surface area (Å²) in [6, 6.07) is 8.36. The van der Waals surface area contributed by atoms with Crippen LogP contribution in [-0.4, -0.2) is 43.2 Å². The highest BCUT2D eigenvalue weighted by Gasteiger charge is 2.18. The number of aliphatic hydroxyl groups excluding tert-OH is 1. The molecule has 1 aromatic carbocycles. The summed E-state index contributed by atoms with van der Waals surface area (Å²) < 4.78 is 21.2. The molecular weight excluding hydrogens is 421 g/mol. The van der Waals surface area contributed by atoms with Gasteiger partial charge in [-0.05, 0) is 55.7 Å². The molecule has 31 heavy (non-hydrogen) atoms. The molecule has 0 atom stereocenters. The van der Waals surface area contributed by atoms with E-state index < -0.39 is 0 Å². The van der Waals surface area contributed by atoms with Crippen LogP contribution in [0.5, 0.6) is 0 Å². The fourth-order valence-corrected chi connectivity index (χ4v) is 3.30. The average Bonchev–Trinajstić information content (AvgIpc) is 3.11. The van der Waals surface area contributed by atoms with Crippen molar-refractivity contribution in [3.8, 4) is 11.3 Å². The normalized spacial score (nSPS) is 9.87. The standard InChI is InChI=1S/C20H21FN2O2S.CH3NO.CH4O/c1-13-17-12-15(6-4-5-11-24)19(23(2)26-3)22-20(17)25-18(13)14-7-9-16(21)10-8-14;2-1-3;1-2/h7-12H,4-6H2,1-3H3;1H,(H2,2,3);2H,1H3. The molecule has 3 rings (SSSR count). The largest absolute Gasteiger partial charge is 0.437 e. The van der Waals surface area contributed by atoms with Crippen LogP contribution in [-0.2, 0) is 16.0 Å². The van der Waals surface area contributed by atoms with Gasteiger partial charge in [-0.1, -0.05) is 11.9 Å². The Morgan fingerprint density at radius 2 is 1.87 bits per heavy atom. The summed E-state index contributed by atoms with van der Waals surface area (Å²) in [6.45, 7) is 1.99. The van der Waals surface area contributed by atoms with Gasteiger partial charge in [0.1, 0.15) is 23.7 Å². The van der Waals surface area contributed by atoms with Crippen molar-refractivity contribution >= 4 is 41.6 Å². The van der Waals surface area contributed by atoms with Crippen molar-refractivity contribution in [3.05, 3.63) is 47.3 Å². The number of carbonyl (C=O) groups is 2. The highest BCUT2D eigenvalue weighted by Crippen LogP contribution is 2.35. The van der Waals surface area contributed by atoms with Crippen molar-refractivity contribution in [2.45, 2.75) is 26.2 Å². The number of rotatable bonds is 7. The molecule has 0 saturated carbocycles. The third kappa shape index (κ3) is 6.80. The Morgan fingerprint density at radius 1 is 1.26 bits per heavy atom. The van der Waals surface area contributed by atoms with E-state index in [1.165, 1.54) is 12.1 Å². The number of halogens is 1. The van der Waals surface area contributed by atoms with Crippen LogP contribution in [0.25, 0.3) is 22.4 Å².